The first-order chi connectivity index (χ1) is 3.18. The lowest BCUT2D eigenvalue weighted by molar-refractivity contribution is 1.04. The predicted octanol–water partition coefficient (Wildman–Crippen LogP) is 2.54. The topological polar surface area (TPSA) is 0 Å². The van der Waals surface area contributed by atoms with Crippen molar-refractivity contribution in [2.45, 2.75) is 32.4 Å². The second-order valence-electron chi connectivity index (χ2n) is 2.17. The minimum atomic E-state index is -0.442. The summed E-state index contributed by atoms with van der Waals surface area (Å²) in [7, 11) is -0.442. The fourth-order valence-corrected chi connectivity index (χ4v) is 1.41. The van der Waals surface area contributed by atoms with E-state index in [9.17, 15) is 0 Å². The lowest BCUT2D eigenvalue weighted by Gasteiger charge is -2.06. The lowest BCUT2D eigenvalue weighted by Crippen LogP contribution is -2.03. The molecule has 0 aliphatic rings. The molecule has 0 amide bonds. The van der Waals surface area contributed by atoms with Gasteiger partial charge in [0, 0.05) is 0 Å². The second kappa shape index (κ2) is 3.67. The first kappa shape index (κ1) is 7.70. The van der Waals surface area contributed by atoms with E-state index in [0.717, 1.165) is 5.54 Å². The Morgan fingerprint density at radius 1 is 1.57 bits per heavy atom. The molecule has 2 heteroatoms. The van der Waals surface area contributed by atoms with E-state index in [-0.39, 0.29) is 0 Å². The molecule has 1 atom stereocenters. The molecule has 0 nitrogen and oxygen atoms in total. The van der Waals surface area contributed by atoms with Gasteiger partial charge in [-0.2, -0.15) is 0 Å². The zero-order chi connectivity index (χ0) is 5.86. The van der Waals surface area contributed by atoms with Crippen molar-refractivity contribution in [3.8, 4) is 0 Å². The molecule has 0 heterocycles. The van der Waals surface area contributed by atoms with Crippen molar-refractivity contribution in [1.82, 2.24) is 0 Å². The molecule has 7 heavy (non-hydrogen) atoms. The maximum Gasteiger partial charge on any atom is 0.117 e. The van der Waals surface area contributed by atoms with E-state index in [1.165, 1.54) is 6.04 Å². The van der Waals surface area contributed by atoms with Gasteiger partial charge in [0.15, 0.2) is 0 Å². The van der Waals surface area contributed by atoms with Gasteiger partial charge in [-0.3, -0.25) is 0 Å². The van der Waals surface area contributed by atoms with Crippen molar-refractivity contribution in [3.63, 3.8) is 0 Å². The Morgan fingerprint density at radius 3 is 2.00 bits per heavy atom. The number of hydrogen-bond donors (Lipinski definition) is 0. The van der Waals surface area contributed by atoms with Crippen molar-refractivity contribution in [3.05, 3.63) is 0 Å². The SMILES string of the molecule is CC[SiH](Br)C(C)C. The van der Waals surface area contributed by atoms with Crippen molar-refractivity contribution < 1.29 is 0 Å². The van der Waals surface area contributed by atoms with Crippen LogP contribution in [0.5, 0.6) is 0 Å². The highest BCUT2D eigenvalue weighted by molar-refractivity contribution is 9.24. The van der Waals surface area contributed by atoms with Crippen LogP contribution in [0, 0.1) is 0 Å². The minimum Gasteiger partial charge on any atom is -0.131 e. The van der Waals surface area contributed by atoms with E-state index in [1.807, 2.05) is 0 Å². The predicted molar refractivity (Wildman–Crippen MR) is 41.7 cm³/mol. The van der Waals surface area contributed by atoms with Gasteiger partial charge in [0.25, 0.3) is 0 Å². The van der Waals surface area contributed by atoms with E-state index < -0.39 is 7.42 Å². The van der Waals surface area contributed by atoms with Gasteiger partial charge in [0.2, 0.25) is 0 Å². The molecule has 0 aromatic carbocycles. The zero-order valence-electron chi connectivity index (χ0n) is 5.24. The van der Waals surface area contributed by atoms with E-state index in [1.54, 1.807) is 0 Å². The summed E-state index contributed by atoms with van der Waals surface area (Å²) in [6, 6.07) is 1.37. The van der Waals surface area contributed by atoms with Crippen LogP contribution in [0.4, 0.5) is 0 Å². The number of rotatable bonds is 2. The third-order valence-electron chi connectivity index (χ3n) is 1.11. The third kappa shape index (κ3) is 3.29. The van der Waals surface area contributed by atoms with E-state index in [0.29, 0.717) is 0 Å². The molecule has 0 saturated heterocycles. The van der Waals surface area contributed by atoms with Crippen molar-refractivity contribution in [2.75, 3.05) is 0 Å². The van der Waals surface area contributed by atoms with Crippen LogP contribution in [-0.2, 0) is 0 Å². The Hall–Kier alpha value is 0.697. The normalized spacial score (nSPS) is 15.0. The monoisotopic (exact) mass is 180 g/mol. The Morgan fingerprint density at radius 2 is 2.00 bits per heavy atom. The van der Waals surface area contributed by atoms with Crippen LogP contribution in [0.3, 0.4) is 0 Å². The van der Waals surface area contributed by atoms with Gasteiger partial charge in [-0.15, -0.1) is 15.3 Å². The highest BCUT2D eigenvalue weighted by Gasteiger charge is 2.06. The Bertz CT molecular complexity index is 45.3. The molecule has 0 fully saturated rings. The molecular formula is C5H13BrSi. The molecule has 0 rings (SSSR count). The maximum absolute atomic E-state index is 3.68. The molecule has 0 aliphatic carbocycles. The summed E-state index contributed by atoms with van der Waals surface area (Å²) in [6.07, 6.45) is 0. The summed E-state index contributed by atoms with van der Waals surface area (Å²) in [6.45, 7) is 6.83. The van der Waals surface area contributed by atoms with Crippen molar-refractivity contribution in [2.24, 2.45) is 0 Å². The van der Waals surface area contributed by atoms with Gasteiger partial charge in [0.1, 0.15) is 7.42 Å². The van der Waals surface area contributed by atoms with Crippen molar-refractivity contribution in [1.29, 1.82) is 0 Å². The molecule has 44 valence electrons. The highest BCUT2D eigenvalue weighted by atomic mass is 79.9. The van der Waals surface area contributed by atoms with Gasteiger partial charge < -0.3 is 0 Å². The standard InChI is InChI=1S/C5H13BrSi/c1-4-7(6)5(2)3/h5,7H,4H2,1-3H3. The summed E-state index contributed by atoms with van der Waals surface area (Å²) in [5.74, 6) is 0. The summed E-state index contributed by atoms with van der Waals surface area (Å²) >= 11 is 3.68. The summed E-state index contributed by atoms with van der Waals surface area (Å²) < 4.78 is 0. The van der Waals surface area contributed by atoms with E-state index >= 15 is 0 Å². The second-order valence-corrected chi connectivity index (χ2v) is 8.88. The molecule has 0 N–H and O–H groups in total. The molecule has 0 bridgehead atoms. The first-order valence-electron chi connectivity index (χ1n) is 2.82. The van der Waals surface area contributed by atoms with Crippen LogP contribution >= 0.6 is 15.3 Å². The van der Waals surface area contributed by atoms with E-state index in [2.05, 4.69) is 36.1 Å². The summed E-state index contributed by atoms with van der Waals surface area (Å²) in [4.78, 5) is 0. The van der Waals surface area contributed by atoms with Gasteiger partial charge in [0.05, 0.1) is 0 Å². The highest BCUT2D eigenvalue weighted by Crippen LogP contribution is 2.15. The van der Waals surface area contributed by atoms with Gasteiger partial charge in [-0.25, -0.2) is 0 Å². The van der Waals surface area contributed by atoms with Gasteiger partial charge in [-0.1, -0.05) is 26.8 Å². The zero-order valence-corrected chi connectivity index (χ0v) is 7.98. The fourth-order valence-electron chi connectivity index (χ4n) is 0.471. The largest absolute Gasteiger partial charge is 0.131 e. The van der Waals surface area contributed by atoms with E-state index in [4.69, 9.17) is 0 Å². The average Bonchev–Trinajstić information content (AvgIpc) is 1.65. The third-order valence-corrected chi connectivity index (χ3v) is 8.45. The average molecular weight is 181 g/mol. The quantitative estimate of drug-likeness (QED) is 0.453. The Balaban J connectivity index is 3.14. The summed E-state index contributed by atoms with van der Waals surface area (Å²) in [5, 5.41) is 0. The molecule has 0 radical (unpaired) electrons. The van der Waals surface area contributed by atoms with Crippen LogP contribution < -0.4 is 0 Å². The Labute approximate surface area is 55.5 Å². The smallest absolute Gasteiger partial charge is 0.117 e. The molecule has 0 aromatic rings. The molecule has 0 spiro atoms. The first-order valence-corrected chi connectivity index (χ1v) is 7.49. The molecule has 1 unspecified atom stereocenters. The fraction of sp³-hybridized carbons (Fsp3) is 1.00. The maximum atomic E-state index is 3.68. The molecule has 0 aromatic heterocycles. The van der Waals surface area contributed by atoms with Crippen LogP contribution in [0.1, 0.15) is 20.8 Å². The lowest BCUT2D eigenvalue weighted by atomic mass is 10.6. The van der Waals surface area contributed by atoms with Crippen molar-refractivity contribution >= 4 is 22.7 Å². The van der Waals surface area contributed by atoms with Crippen LogP contribution in [0.15, 0.2) is 0 Å². The van der Waals surface area contributed by atoms with Crippen LogP contribution in [0.25, 0.3) is 0 Å². The number of hydrogen-bond acceptors (Lipinski definition) is 0. The molecule has 0 aliphatic heterocycles. The van der Waals surface area contributed by atoms with Crippen LogP contribution in [-0.4, -0.2) is 7.42 Å². The molecule has 0 saturated carbocycles. The minimum absolute atomic E-state index is 0.442. The summed E-state index contributed by atoms with van der Waals surface area (Å²) in [5.41, 5.74) is 0.921. The number of halogens is 1. The van der Waals surface area contributed by atoms with Gasteiger partial charge in [-0.05, 0) is 5.54 Å². The van der Waals surface area contributed by atoms with Gasteiger partial charge >= 0.3 is 0 Å². The Kier molecular flexibility index (Phi) is 4.03. The van der Waals surface area contributed by atoms with Crippen LogP contribution in [0.2, 0.25) is 11.6 Å². The molecular weight excluding hydrogens is 168 g/mol.